The van der Waals surface area contributed by atoms with Gasteiger partial charge >= 0.3 is 0 Å². The molecule has 5 rings (SSSR count). The van der Waals surface area contributed by atoms with Gasteiger partial charge in [0.15, 0.2) is 0 Å². The molecule has 2 saturated heterocycles. The molecule has 2 fully saturated rings. The molecule has 2 aromatic heterocycles. The fraction of sp³-hybridized carbons (Fsp3) is 0.444. The first-order valence-electron chi connectivity index (χ1n) is 12.4. The van der Waals surface area contributed by atoms with E-state index in [0.717, 1.165) is 25.1 Å². The summed E-state index contributed by atoms with van der Waals surface area (Å²) in [6.45, 7) is 2.69. The van der Waals surface area contributed by atoms with E-state index in [0.29, 0.717) is 25.9 Å². The van der Waals surface area contributed by atoms with Crippen LogP contribution in [0.5, 0.6) is 0 Å². The number of likely N-dealkylation sites (N-methyl/N-ethyl adjacent to an activating group) is 1. The van der Waals surface area contributed by atoms with Crippen molar-refractivity contribution in [3.63, 3.8) is 0 Å². The highest BCUT2D eigenvalue weighted by molar-refractivity contribution is 5.85. The summed E-state index contributed by atoms with van der Waals surface area (Å²) in [7, 11) is 4.18. The van der Waals surface area contributed by atoms with Crippen LogP contribution in [0.4, 0.5) is 0 Å². The third-order valence-corrected chi connectivity index (χ3v) is 7.62. The van der Waals surface area contributed by atoms with Crippen LogP contribution < -0.4 is 10.6 Å². The highest BCUT2D eigenvalue weighted by Crippen LogP contribution is 2.30. The van der Waals surface area contributed by atoms with Gasteiger partial charge in [-0.05, 0) is 43.1 Å². The minimum absolute atomic E-state index is 0.0263. The van der Waals surface area contributed by atoms with E-state index in [1.165, 1.54) is 16.5 Å². The molecule has 8 nitrogen and oxygen atoms in total. The Morgan fingerprint density at radius 2 is 2.06 bits per heavy atom. The lowest BCUT2D eigenvalue weighted by atomic mass is 10.0. The number of benzene rings is 1. The summed E-state index contributed by atoms with van der Waals surface area (Å²) in [6.07, 6.45) is 7.76. The Morgan fingerprint density at radius 1 is 1.20 bits per heavy atom. The topological polar surface area (TPSA) is 82.5 Å². The van der Waals surface area contributed by atoms with Gasteiger partial charge in [0.2, 0.25) is 11.8 Å². The number of aromatic nitrogens is 2. The minimum atomic E-state index is -0.177. The molecule has 184 valence electrons. The monoisotopic (exact) mass is 474 g/mol. The fourth-order valence-corrected chi connectivity index (χ4v) is 5.69. The van der Waals surface area contributed by atoms with Gasteiger partial charge in [0.25, 0.3) is 0 Å². The fourth-order valence-electron chi connectivity index (χ4n) is 5.69. The Kier molecular flexibility index (Phi) is 6.83. The van der Waals surface area contributed by atoms with Crippen LogP contribution in [0, 0.1) is 0 Å². The van der Waals surface area contributed by atoms with Crippen LogP contribution in [0.3, 0.4) is 0 Å². The number of carbonyl (C=O) groups excluding carboxylic acids is 2. The second-order valence-electron chi connectivity index (χ2n) is 9.79. The zero-order valence-electron chi connectivity index (χ0n) is 20.5. The molecule has 0 aliphatic carbocycles. The smallest absolute Gasteiger partial charge is 0.239 e. The lowest BCUT2D eigenvalue weighted by molar-refractivity contribution is -0.126. The molecule has 2 aliphatic rings. The van der Waals surface area contributed by atoms with Crippen molar-refractivity contribution in [1.82, 2.24) is 30.0 Å². The van der Waals surface area contributed by atoms with Crippen LogP contribution in [0.25, 0.3) is 10.9 Å². The molecule has 2 N–H and O–H groups in total. The molecule has 35 heavy (non-hydrogen) atoms. The number of nitrogens with zero attached hydrogens (tertiary/aromatic N) is 4. The van der Waals surface area contributed by atoms with Gasteiger partial charge in [0, 0.05) is 81.2 Å². The van der Waals surface area contributed by atoms with Crippen molar-refractivity contribution in [1.29, 1.82) is 0 Å². The largest absolute Gasteiger partial charge is 0.353 e. The average Bonchev–Trinajstić information content (AvgIpc) is 3.40. The SMILES string of the molecule is CN1[C@@H](CCC(=O)NCc2cccnc2)CNC(=O)[C@@H]2[C@H]1CCN2Cc1cn(C)c2ccccc12. The average molecular weight is 475 g/mol. The summed E-state index contributed by atoms with van der Waals surface area (Å²) in [6, 6.07) is 12.4. The lowest BCUT2D eigenvalue weighted by Gasteiger charge is -2.33. The lowest BCUT2D eigenvalue weighted by Crippen LogP contribution is -2.49. The molecule has 4 heterocycles. The van der Waals surface area contributed by atoms with Crippen LogP contribution in [0.15, 0.2) is 55.0 Å². The van der Waals surface area contributed by atoms with Gasteiger partial charge in [0.1, 0.15) is 6.04 Å². The molecule has 0 radical (unpaired) electrons. The zero-order chi connectivity index (χ0) is 24.4. The Hall–Kier alpha value is -3.23. The normalized spacial score (nSPS) is 23.1. The molecule has 0 saturated carbocycles. The van der Waals surface area contributed by atoms with Crippen LogP contribution in [0.1, 0.15) is 30.4 Å². The predicted molar refractivity (Wildman–Crippen MR) is 135 cm³/mol. The number of amides is 2. The molecule has 0 spiro atoms. The first-order chi connectivity index (χ1) is 17.0. The number of hydrogen-bond donors (Lipinski definition) is 2. The van der Waals surface area contributed by atoms with Crippen LogP contribution in [-0.4, -0.2) is 69.4 Å². The standard InChI is InChI=1S/C27H34N6O2/c1-31-17-20(22-7-3-4-8-23(22)31)18-33-13-11-24-26(33)27(35)30-16-21(32(24)2)9-10-25(34)29-15-19-6-5-12-28-14-19/h3-8,12,14,17,21,24,26H,9-11,13,15-16,18H2,1-2H3,(H,29,34)(H,30,35)/t21-,24+,26-/m0/s1. The number of likely N-dealkylation sites (tertiary alicyclic amines) is 1. The zero-order valence-corrected chi connectivity index (χ0v) is 20.5. The predicted octanol–water partition coefficient (Wildman–Crippen LogP) is 2.04. The number of carbonyl (C=O) groups is 2. The number of fused-ring (bicyclic) bond motifs is 2. The maximum atomic E-state index is 13.2. The number of aryl methyl sites for hydroxylation is 1. The third kappa shape index (κ3) is 4.94. The van der Waals surface area contributed by atoms with E-state index in [1.807, 2.05) is 12.1 Å². The molecular formula is C27H34N6O2. The van der Waals surface area contributed by atoms with E-state index in [4.69, 9.17) is 0 Å². The number of rotatable bonds is 7. The van der Waals surface area contributed by atoms with Crippen molar-refractivity contribution in [2.24, 2.45) is 7.05 Å². The summed E-state index contributed by atoms with van der Waals surface area (Å²) in [5.41, 5.74) is 3.45. The van der Waals surface area contributed by atoms with Gasteiger partial charge in [-0.15, -0.1) is 0 Å². The van der Waals surface area contributed by atoms with Crippen molar-refractivity contribution in [3.05, 3.63) is 66.1 Å². The Bertz CT molecular complexity index is 1190. The quantitative estimate of drug-likeness (QED) is 0.548. The van der Waals surface area contributed by atoms with E-state index >= 15 is 0 Å². The highest BCUT2D eigenvalue weighted by atomic mass is 16.2. The van der Waals surface area contributed by atoms with Gasteiger partial charge in [-0.2, -0.15) is 0 Å². The second-order valence-corrected chi connectivity index (χ2v) is 9.79. The number of para-hydroxylation sites is 1. The van der Waals surface area contributed by atoms with Crippen LogP contribution in [-0.2, 0) is 29.7 Å². The molecule has 3 atom stereocenters. The Labute approximate surface area is 206 Å². The van der Waals surface area contributed by atoms with E-state index in [1.54, 1.807) is 12.4 Å². The van der Waals surface area contributed by atoms with Crippen molar-refractivity contribution in [3.8, 4) is 0 Å². The van der Waals surface area contributed by atoms with Crippen molar-refractivity contribution < 1.29 is 9.59 Å². The summed E-state index contributed by atoms with van der Waals surface area (Å²) in [5.74, 6) is 0.126. The van der Waals surface area contributed by atoms with Gasteiger partial charge in [-0.1, -0.05) is 24.3 Å². The number of pyridine rings is 1. The Morgan fingerprint density at radius 3 is 2.89 bits per heavy atom. The first-order valence-corrected chi connectivity index (χ1v) is 12.4. The molecule has 0 bridgehead atoms. The number of nitrogens with one attached hydrogen (secondary N) is 2. The van der Waals surface area contributed by atoms with Crippen molar-refractivity contribution in [2.45, 2.75) is 50.5 Å². The van der Waals surface area contributed by atoms with E-state index < -0.39 is 0 Å². The van der Waals surface area contributed by atoms with Gasteiger partial charge in [0.05, 0.1) is 0 Å². The van der Waals surface area contributed by atoms with Crippen molar-refractivity contribution in [2.75, 3.05) is 20.1 Å². The minimum Gasteiger partial charge on any atom is -0.353 e. The maximum absolute atomic E-state index is 13.2. The van der Waals surface area contributed by atoms with Crippen LogP contribution >= 0.6 is 0 Å². The van der Waals surface area contributed by atoms with Crippen molar-refractivity contribution >= 4 is 22.7 Å². The van der Waals surface area contributed by atoms with E-state index in [2.05, 4.69) is 74.5 Å². The molecule has 0 unspecified atom stereocenters. The molecule has 1 aromatic carbocycles. The summed E-state index contributed by atoms with van der Waals surface area (Å²) in [5, 5.41) is 7.40. The molecule has 3 aromatic rings. The number of hydrogen-bond acceptors (Lipinski definition) is 5. The van der Waals surface area contributed by atoms with Crippen LogP contribution in [0.2, 0.25) is 0 Å². The summed E-state index contributed by atoms with van der Waals surface area (Å²) in [4.78, 5) is 34.4. The third-order valence-electron chi connectivity index (χ3n) is 7.62. The van der Waals surface area contributed by atoms with Gasteiger partial charge < -0.3 is 15.2 Å². The van der Waals surface area contributed by atoms with E-state index in [9.17, 15) is 9.59 Å². The van der Waals surface area contributed by atoms with Gasteiger partial charge in [-0.3, -0.25) is 24.4 Å². The van der Waals surface area contributed by atoms with E-state index in [-0.39, 0.29) is 29.9 Å². The molecule has 2 aliphatic heterocycles. The first kappa shape index (κ1) is 23.5. The molecular weight excluding hydrogens is 440 g/mol. The van der Waals surface area contributed by atoms with Gasteiger partial charge in [-0.25, -0.2) is 0 Å². The summed E-state index contributed by atoms with van der Waals surface area (Å²) < 4.78 is 2.16. The molecule has 8 heteroatoms. The highest BCUT2D eigenvalue weighted by Gasteiger charge is 2.45. The maximum Gasteiger partial charge on any atom is 0.239 e. The Balaban J connectivity index is 1.21. The molecule has 2 amide bonds. The second kappa shape index (κ2) is 10.2. The summed E-state index contributed by atoms with van der Waals surface area (Å²) >= 11 is 0.